The highest BCUT2D eigenvalue weighted by Gasteiger charge is 2.02. The van der Waals surface area contributed by atoms with Crippen LogP contribution in [0.1, 0.15) is 24.1 Å². The molecule has 0 amide bonds. The van der Waals surface area contributed by atoms with Crippen LogP contribution >= 0.6 is 0 Å². The van der Waals surface area contributed by atoms with Crippen molar-refractivity contribution in [2.75, 3.05) is 6.61 Å². The summed E-state index contributed by atoms with van der Waals surface area (Å²) in [6.07, 6.45) is 0. The number of ether oxygens (including phenoxy) is 1. The van der Waals surface area contributed by atoms with Gasteiger partial charge in [0, 0.05) is 0 Å². The standard InChI is InChI=1S/C9H10O2/c1-2-11-9(10)8-6-4-3-5-7-8/h3-7H,2H2,1H3/i3D,4D,5D,6D,7D. The van der Waals surface area contributed by atoms with Gasteiger partial charge in [-0.25, -0.2) is 4.79 Å². The maximum Gasteiger partial charge on any atom is 0.338 e. The van der Waals surface area contributed by atoms with Gasteiger partial charge < -0.3 is 4.74 Å². The fraction of sp³-hybridized carbons (Fsp3) is 0.222. The Kier molecular flexibility index (Phi) is 1.16. The van der Waals surface area contributed by atoms with Gasteiger partial charge in [-0.3, -0.25) is 0 Å². The van der Waals surface area contributed by atoms with Crippen molar-refractivity contribution in [2.24, 2.45) is 0 Å². The van der Waals surface area contributed by atoms with Crippen molar-refractivity contribution >= 4 is 5.97 Å². The molecule has 0 aliphatic rings. The summed E-state index contributed by atoms with van der Waals surface area (Å²) in [7, 11) is 0. The summed E-state index contributed by atoms with van der Waals surface area (Å²) < 4.78 is 41.6. The molecule has 0 N–H and O–H groups in total. The van der Waals surface area contributed by atoms with E-state index in [9.17, 15) is 4.79 Å². The van der Waals surface area contributed by atoms with Crippen LogP contribution in [0.5, 0.6) is 0 Å². The number of carbonyl (C=O) groups excluding carboxylic acids is 1. The first kappa shape index (κ1) is 3.39. The first-order chi connectivity index (χ1) is 7.41. The van der Waals surface area contributed by atoms with E-state index in [4.69, 9.17) is 6.85 Å². The van der Waals surface area contributed by atoms with Crippen molar-refractivity contribution in [3.05, 3.63) is 35.8 Å². The molecule has 58 valence electrons. The largest absolute Gasteiger partial charge is 0.462 e. The lowest BCUT2D eigenvalue weighted by Gasteiger charge is -1.99. The zero-order valence-electron chi connectivity index (χ0n) is 11.0. The zero-order valence-corrected chi connectivity index (χ0v) is 6.02. The van der Waals surface area contributed by atoms with Gasteiger partial charge in [0.25, 0.3) is 0 Å². The van der Waals surface area contributed by atoms with E-state index in [1.165, 1.54) is 0 Å². The molecule has 2 heteroatoms. The molecule has 0 aliphatic carbocycles. The van der Waals surface area contributed by atoms with Crippen molar-refractivity contribution < 1.29 is 16.4 Å². The van der Waals surface area contributed by atoms with Crippen molar-refractivity contribution in [1.82, 2.24) is 0 Å². The molecule has 0 saturated heterocycles. The SMILES string of the molecule is [2H]c1c([2H])c([2H])c(C(=O)OCC)c([2H])c1[2H]. The van der Waals surface area contributed by atoms with Gasteiger partial charge in [-0.2, -0.15) is 0 Å². The van der Waals surface area contributed by atoms with Gasteiger partial charge in [0.1, 0.15) is 0 Å². The summed E-state index contributed by atoms with van der Waals surface area (Å²) in [5.74, 6) is -0.903. The molecule has 2 nitrogen and oxygen atoms in total. The Morgan fingerprint density at radius 3 is 2.73 bits per heavy atom. The molecule has 0 aromatic heterocycles. The Balaban J connectivity index is 3.45. The van der Waals surface area contributed by atoms with Crippen LogP contribution in [0.25, 0.3) is 0 Å². The zero-order chi connectivity index (χ0) is 12.5. The Bertz CT molecular complexity index is 415. The van der Waals surface area contributed by atoms with Crippen molar-refractivity contribution in [1.29, 1.82) is 0 Å². The second-order valence-electron chi connectivity index (χ2n) is 1.72. The molecule has 0 spiro atoms. The van der Waals surface area contributed by atoms with E-state index in [2.05, 4.69) is 4.74 Å². The Labute approximate surface area is 72.8 Å². The molecule has 0 unspecified atom stereocenters. The normalized spacial score (nSPS) is 15.5. The van der Waals surface area contributed by atoms with Crippen LogP contribution in [0.3, 0.4) is 0 Å². The predicted octanol–water partition coefficient (Wildman–Crippen LogP) is 1.86. The Morgan fingerprint density at radius 2 is 2.18 bits per heavy atom. The van der Waals surface area contributed by atoms with Crippen LogP contribution in [-0.4, -0.2) is 12.6 Å². The molecular weight excluding hydrogens is 140 g/mol. The number of benzene rings is 1. The summed E-state index contributed by atoms with van der Waals surface area (Å²) in [5, 5.41) is 0. The van der Waals surface area contributed by atoms with E-state index in [0.717, 1.165) is 0 Å². The lowest BCUT2D eigenvalue weighted by molar-refractivity contribution is 0.0526. The van der Waals surface area contributed by atoms with Crippen molar-refractivity contribution in [2.45, 2.75) is 6.92 Å². The molecule has 0 fully saturated rings. The number of rotatable bonds is 2. The molecule has 0 bridgehead atoms. The fourth-order valence-electron chi connectivity index (χ4n) is 0.555. The maximum atomic E-state index is 11.4. The molecule has 1 rings (SSSR count). The van der Waals surface area contributed by atoms with Gasteiger partial charge in [0.05, 0.1) is 19.0 Å². The minimum absolute atomic E-state index is 0.0843. The highest BCUT2D eigenvalue weighted by atomic mass is 16.5. The van der Waals surface area contributed by atoms with Crippen molar-refractivity contribution in [3.63, 3.8) is 0 Å². The molecule has 0 saturated carbocycles. The van der Waals surface area contributed by atoms with E-state index in [1.54, 1.807) is 6.92 Å². The number of carbonyl (C=O) groups is 1. The number of esters is 1. The van der Waals surface area contributed by atoms with E-state index >= 15 is 0 Å². The minimum Gasteiger partial charge on any atom is -0.462 e. The van der Waals surface area contributed by atoms with Crippen LogP contribution in [-0.2, 0) is 4.74 Å². The van der Waals surface area contributed by atoms with Crippen LogP contribution in [0.4, 0.5) is 0 Å². The lowest BCUT2D eigenvalue weighted by atomic mass is 10.2. The molecule has 1 aromatic carbocycles. The third-order valence-corrected chi connectivity index (χ3v) is 0.980. The summed E-state index contributed by atoms with van der Waals surface area (Å²) in [6.45, 7) is 1.66. The summed E-state index contributed by atoms with van der Waals surface area (Å²) in [5.41, 5.74) is -0.423. The van der Waals surface area contributed by atoms with E-state index in [0.29, 0.717) is 0 Å². The molecule has 11 heavy (non-hydrogen) atoms. The summed E-state index contributed by atoms with van der Waals surface area (Å²) in [6, 6.07) is -2.68. The smallest absolute Gasteiger partial charge is 0.338 e. The minimum atomic E-state index is -0.903. The van der Waals surface area contributed by atoms with Gasteiger partial charge >= 0.3 is 5.97 Å². The number of hydrogen-bond donors (Lipinski definition) is 0. The van der Waals surface area contributed by atoms with Gasteiger partial charge in [-0.15, -0.1) is 0 Å². The Hall–Kier alpha value is -1.31. The summed E-state index contributed by atoms with van der Waals surface area (Å²) in [4.78, 5) is 11.4. The highest BCUT2D eigenvalue weighted by Crippen LogP contribution is 1.99. The van der Waals surface area contributed by atoms with Crippen LogP contribution in [0, 0.1) is 0 Å². The highest BCUT2D eigenvalue weighted by molar-refractivity contribution is 5.89. The second kappa shape index (κ2) is 3.76. The first-order valence-corrected chi connectivity index (χ1v) is 3.15. The second-order valence-corrected chi connectivity index (χ2v) is 1.72. The fourth-order valence-corrected chi connectivity index (χ4v) is 0.555. The molecule has 0 radical (unpaired) electrons. The predicted molar refractivity (Wildman–Crippen MR) is 42.4 cm³/mol. The molecular formula is C9H10O2. The quantitative estimate of drug-likeness (QED) is 0.609. The topological polar surface area (TPSA) is 26.3 Å². The van der Waals surface area contributed by atoms with Gasteiger partial charge in [-0.1, -0.05) is 18.1 Å². The molecule has 0 atom stereocenters. The maximum absolute atomic E-state index is 11.4. The summed E-state index contributed by atoms with van der Waals surface area (Å²) >= 11 is 0. The van der Waals surface area contributed by atoms with Gasteiger partial charge in [-0.05, 0) is 19.0 Å². The van der Waals surface area contributed by atoms with Crippen LogP contribution in [0.2, 0.25) is 0 Å². The molecule has 0 aliphatic heterocycles. The van der Waals surface area contributed by atoms with Gasteiger partial charge in [0.2, 0.25) is 0 Å². The molecule has 1 aromatic rings. The van der Waals surface area contributed by atoms with E-state index < -0.39 is 41.7 Å². The molecule has 0 heterocycles. The average molecular weight is 155 g/mol. The van der Waals surface area contributed by atoms with Crippen LogP contribution in [0.15, 0.2) is 30.2 Å². The van der Waals surface area contributed by atoms with Gasteiger partial charge in [0.15, 0.2) is 0 Å². The first-order valence-electron chi connectivity index (χ1n) is 5.65. The number of hydrogen-bond acceptors (Lipinski definition) is 2. The Morgan fingerprint density at radius 1 is 1.55 bits per heavy atom. The monoisotopic (exact) mass is 155 g/mol. The van der Waals surface area contributed by atoms with Crippen LogP contribution < -0.4 is 0 Å². The van der Waals surface area contributed by atoms with E-state index in [-0.39, 0.29) is 6.61 Å². The average Bonchev–Trinajstić information content (AvgIpc) is 2.24. The lowest BCUT2D eigenvalue weighted by Crippen LogP contribution is -2.03. The van der Waals surface area contributed by atoms with E-state index in [1.807, 2.05) is 0 Å². The van der Waals surface area contributed by atoms with Crippen molar-refractivity contribution in [3.8, 4) is 0 Å². The third-order valence-electron chi connectivity index (χ3n) is 0.980. The third kappa shape index (κ3) is 2.08.